The van der Waals surface area contributed by atoms with Gasteiger partial charge in [-0.2, -0.15) is 13.2 Å². The summed E-state index contributed by atoms with van der Waals surface area (Å²) >= 11 is 6.52. The molecule has 3 N–H and O–H groups in total. The molecule has 2 aliphatic heterocycles. The van der Waals surface area contributed by atoms with Gasteiger partial charge in [-0.3, -0.25) is 19.8 Å². The molecule has 0 bridgehead atoms. The highest BCUT2D eigenvalue weighted by Crippen LogP contribution is 2.46. The van der Waals surface area contributed by atoms with Crippen molar-refractivity contribution in [2.45, 2.75) is 56.6 Å². The summed E-state index contributed by atoms with van der Waals surface area (Å²) in [5.74, 6) is -0.671. The van der Waals surface area contributed by atoms with Crippen molar-refractivity contribution in [1.29, 1.82) is 0 Å². The molecule has 2 saturated heterocycles. The molecule has 2 aromatic heterocycles. The Morgan fingerprint density at radius 3 is 2.59 bits per heavy atom. The summed E-state index contributed by atoms with van der Waals surface area (Å²) in [5, 5.41) is 15.8. The third-order valence-corrected chi connectivity index (χ3v) is 13.4. The van der Waals surface area contributed by atoms with Gasteiger partial charge in [0.15, 0.2) is 0 Å². The number of anilines is 2. The second kappa shape index (κ2) is 17.5. The minimum atomic E-state index is -4.61. The number of fused-ring (bicyclic) bond motifs is 1. The number of sulfonamides is 1. The van der Waals surface area contributed by atoms with E-state index in [1.165, 1.54) is 30.5 Å². The largest absolute Gasteiger partial charge is 0.455 e. The number of rotatable bonds is 12. The van der Waals surface area contributed by atoms with E-state index >= 15 is 0 Å². The molecule has 0 spiro atoms. The third kappa shape index (κ3) is 9.93. The quantitative estimate of drug-likeness (QED) is 0.0806. The van der Waals surface area contributed by atoms with Gasteiger partial charge in [0.25, 0.3) is 21.6 Å². The first kappa shape index (κ1) is 43.9. The van der Waals surface area contributed by atoms with Crippen molar-refractivity contribution < 1.29 is 40.8 Å². The second-order valence-electron chi connectivity index (χ2n) is 16.8. The minimum absolute atomic E-state index is 0.0468. The number of pyridine rings is 1. The fraction of sp³-hybridized carbons (Fsp3) is 0.364. The topological polar surface area (TPSA) is 172 Å². The number of carbonyl (C=O) groups excluding carboxylic acids is 1. The van der Waals surface area contributed by atoms with Crippen LogP contribution in [0.2, 0.25) is 5.02 Å². The number of aromatic amines is 1. The number of halogens is 4. The van der Waals surface area contributed by atoms with E-state index < -0.39 is 43.2 Å². The number of alkyl halides is 3. The molecule has 0 unspecified atom stereocenters. The second-order valence-corrected chi connectivity index (χ2v) is 18.9. The number of aromatic nitrogens is 2. The fourth-order valence-corrected chi connectivity index (χ4v) is 9.58. The van der Waals surface area contributed by atoms with Gasteiger partial charge in [-0.1, -0.05) is 37.1 Å². The van der Waals surface area contributed by atoms with E-state index in [9.17, 15) is 36.5 Å². The molecule has 3 aliphatic rings. The summed E-state index contributed by atoms with van der Waals surface area (Å²) < 4.78 is 81.3. The molecule has 4 heterocycles. The van der Waals surface area contributed by atoms with E-state index in [0.29, 0.717) is 81.4 Å². The van der Waals surface area contributed by atoms with E-state index in [2.05, 4.69) is 43.7 Å². The van der Waals surface area contributed by atoms with Gasteiger partial charge in [-0.05, 0) is 90.8 Å². The maximum Gasteiger partial charge on any atom is 0.416 e. The van der Waals surface area contributed by atoms with E-state index in [-0.39, 0.29) is 33.5 Å². The maximum absolute atomic E-state index is 13.9. The van der Waals surface area contributed by atoms with Gasteiger partial charge >= 0.3 is 6.18 Å². The number of carbonyl (C=O) groups is 1. The molecule has 1 atom stereocenters. The number of hydrogen-bond donors (Lipinski definition) is 3. The number of benzene rings is 3. The molecule has 2 fully saturated rings. The van der Waals surface area contributed by atoms with Crippen molar-refractivity contribution >= 4 is 61.2 Å². The number of allylic oxidation sites excluding steroid dienone is 1. The Hall–Kier alpha value is -5.69. The van der Waals surface area contributed by atoms with Gasteiger partial charge in [0.1, 0.15) is 22.8 Å². The van der Waals surface area contributed by atoms with Crippen LogP contribution >= 0.6 is 11.6 Å². The minimum Gasteiger partial charge on any atom is -0.455 e. The van der Waals surface area contributed by atoms with Crippen LogP contribution in [-0.4, -0.2) is 86.1 Å². The van der Waals surface area contributed by atoms with Gasteiger partial charge in [0.2, 0.25) is 0 Å². The standard InChI is InChI=1S/C44H45ClF3N7O7S/c1-43(2)12-9-28(36(23-43)34-6-3-29(20-37(34)45)44(46,47)48)25-53-14-16-54(17-15-53)31-4-7-35(40(21-31)62-32-19-27-10-13-49-41(27)50-24-32)42(56)52-63(59,60)33-5-8-38(39(22-33)55(57)58)51-30-11-18-61-26-30/h3-8,10,13,19-22,24,30,51H,9,11-12,14-18,23,25-26H2,1-2H3,(H,49,50)(H,52,56)/t30-/m1/s1. The Labute approximate surface area is 366 Å². The molecule has 1 amide bonds. The number of H-pyrrole nitrogens is 1. The lowest BCUT2D eigenvalue weighted by molar-refractivity contribution is -0.384. The van der Waals surface area contributed by atoms with E-state index in [4.69, 9.17) is 21.1 Å². The number of nitro benzene ring substituents is 1. The van der Waals surface area contributed by atoms with E-state index in [1.807, 2.05) is 0 Å². The SMILES string of the molecule is CC1(C)CCC(CN2CCN(c3ccc(C(=O)NS(=O)(=O)c4ccc(N[C@@H]5CCOC5)c([N+](=O)[O-])c4)c(Oc4cnc5[nH]ccc5c4)c3)CC2)=C(c2ccc(C(F)(F)F)cc2Cl)C1. The Bertz CT molecular complexity index is 2710. The Morgan fingerprint density at radius 1 is 1.08 bits per heavy atom. The molecule has 19 heteroatoms. The van der Waals surface area contributed by atoms with Crippen molar-refractivity contribution in [2.75, 3.05) is 56.2 Å². The Morgan fingerprint density at radius 2 is 1.87 bits per heavy atom. The van der Waals surface area contributed by atoms with Gasteiger partial charge in [-0.25, -0.2) is 18.1 Å². The average Bonchev–Trinajstić information content (AvgIpc) is 3.93. The predicted octanol–water partition coefficient (Wildman–Crippen LogP) is 9.04. The van der Waals surface area contributed by atoms with Crippen LogP contribution in [-0.2, 0) is 20.9 Å². The summed E-state index contributed by atoms with van der Waals surface area (Å²) in [6.07, 6.45) is 1.74. The lowest BCUT2D eigenvalue weighted by Crippen LogP contribution is -2.47. The zero-order valence-corrected chi connectivity index (χ0v) is 36.0. The van der Waals surface area contributed by atoms with Gasteiger partial charge < -0.3 is 24.7 Å². The summed E-state index contributed by atoms with van der Waals surface area (Å²) in [4.78, 5) is 36.5. The summed E-state index contributed by atoms with van der Waals surface area (Å²) in [5.41, 5.74) is 2.82. The fourth-order valence-electron chi connectivity index (χ4n) is 8.30. The van der Waals surface area contributed by atoms with Crippen molar-refractivity contribution in [2.24, 2.45) is 5.41 Å². The molecular weight excluding hydrogens is 863 g/mol. The zero-order valence-electron chi connectivity index (χ0n) is 34.4. The molecule has 1 aliphatic carbocycles. The first-order valence-corrected chi connectivity index (χ1v) is 22.3. The van der Waals surface area contributed by atoms with Gasteiger partial charge in [0, 0.05) is 73.8 Å². The summed E-state index contributed by atoms with van der Waals surface area (Å²) in [6, 6.07) is 15.2. The molecule has 8 rings (SSSR count). The highest BCUT2D eigenvalue weighted by molar-refractivity contribution is 7.90. The van der Waals surface area contributed by atoms with E-state index in [1.54, 1.807) is 30.5 Å². The normalized spacial score (nSPS) is 18.4. The first-order valence-electron chi connectivity index (χ1n) is 20.4. The van der Waals surface area contributed by atoms with Crippen LogP contribution in [0.5, 0.6) is 11.5 Å². The monoisotopic (exact) mass is 907 g/mol. The average molecular weight is 908 g/mol. The number of nitrogens with zero attached hydrogens (tertiary/aromatic N) is 4. The molecule has 5 aromatic rings. The van der Waals surface area contributed by atoms with Crippen LogP contribution in [0.1, 0.15) is 61.0 Å². The van der Waals surface area contributed by atoms with Crippen LogP contribution in [0.15, 0.2) is 89.6 Å². The molecule has 332 valence electrons. The third-order valence-electron chi connectivity index (χ3n) is 11.8. The summed E-state index contributed by atoms with van der Waals surface area (Å²) in [7, 11) is -4.61. The van der Waals surface area contributed by atoms with Crippen LogP contribution in [0, 0.1) is 15.5 Å². The smallest absolute Gasteiger partial charge is 0.416 e. The predicted molar refractivity (Wildman–Crippen MR) is 233 cm³/mol. The number of amides is 1. The number of ether oxygens (including phenoxy) is 2. The molecule has 0 radical (unpaired) electrons. The number of nitrogens with one attached hydrogen (secondary N) is 3. The highest BCUT2D eigenvalue weighted by Gasteiger charge is 2.34. The molecule has 3 aromatic carbocycles. The van der Waals surface area contributed by atoms with Crippen molar-refractivity contribution in [3.8, 4) is 11.5 Å². The molecular formula is C44H45ClF3N7O7S. The van der Waals surface area contributed by atoms with Gasteiger partial charge in [0.05, 0.1) is 39.8 Å². The molecule has 0 saturated carbocycles. The highest BCUT2D eigenvalue weighted by atomic mass is 35.5. The van der Waals surface area contributed by atoms with E-state index in [0.717, 1.165) is 47.6 Å². The summed E-state index contributed by atoms with van der Waals surface area (Å²) in [6.45, 7) is 8.27. The van der Waals surface area contributed by atoms with Crippen molar-refractivity contribution in [3.63, 3.8) is 0 Å². The lowest BCUT2D eigenvalue weighted by Gasteiger charge is -2.39. The number of nitro groups is 1. The first-order chi connectivity index (χ1) is 29.9. The molecule has 14 nitrogen and oxygen atoms in total. The zero-order chi connectivity index (χ0) is 44.7. The maximum atomic E-state index is 13.9. The number of piperazine rings is 1. The van der Waals surface area contributed by atoms with Crippen molar-refractivity contribution in [3.05, 3.63) is 117 Å². The lowest BCUT2D eigenvalue weighted by atomic mass is 9.72. The molecule has 63 heavy (non-hydrogen) atoms. The van der Waals surface area contributed by atoms with Crippen LogP contribution in [0.3, 0.4) is 0 Å². The van der Waals surface area contributed by atoms with Crippen LogP contribution < -0.4 is 19.7 Å². The van der Waals surface area contributed by atoms with Crippen molar-refractivity contribution in [1.82, 2.24) is 19.6 Å². The van der Waals surface area contributed by atoms with Crippen LogP contribution in [0.25, 0.3) is 16.6 Å². The Balaban J connectivity index is 1.02. The number of hydrogen-bond acceptors (Lipinski definition) is 11. The Kier molecular flexibility index (Phi) is 12.2. The van der Waals surface area contributed by atoms with Gasteiger partial charge in [-0.15, -0.1) is 0 Å². The van der Waals surface area contributed by atoms with Crippen LogP contribution in [0.4, 0.5) is 30.2 Å².